The van der Waals surface area contributed by atoms with Crippen LogP contribution in [0.3, 0.4) is 0 Å². The topological polar surface area (TPSA) is 21.7 Å². The van der Waals surface area contributed by atoms with Gasteiger partial charge in [-0.1, -0.05) is 61.7 Å². The zero-order valence-corrected chi connectivity index (χ0v) is 16.2. The van der Waals surface area contributed by atoms with Gasteiger partial charge in [0.1, 0.15) is 0 Å². The van der Waals surface area contributed by atoms with E-state index in [4.69, 9.17) is 9.47 Å². The van der Waals surface area contributed by atoms with Crippen LogP contribution in [-0.4, -0.2) is 51.0 Å². The second kappa shape index (κ2) is 10.7. The molecule has 1 aliphatic carbocycles. The number of morpholine rings is 1. The number of ether oxygens (including phenoxy) is 2. The number of hydrogen-bond acceptors (Lipinski definition) is 3. The maximum Gasteiger partial charge on any atom is 0.0594 e. The quantitative estimate of drug-likeness (QED) is 0.795. The molecule has 1 saturated carbocycles. The van der Waals surface area contributed by atoms with Gasteiger partial charge in [0.2, 0.25) is 0 Å². The average molecular weight is 356 g/mol. The van der Waals surface area contributed by atoms with E-state index in [1.54, 1.807) is 7.11 Å². The Bertz CT molecular complexity index is 629. The van der Waals surface area contributed by atoms with Crippen LogP contribution in [0.4, 0.5) is 0 Å². The number of methoxy groups -OCH3 is 1. The summed E-state index contributed by atoms with van der Waals surface area (Å²) >= 11 is 0. The third-order valence-corrected chi connectivity index (χ3v) is 5.55. The number of nitrogens with zero attached hydrogens (tertiary/aromatic N) is 1. The van der Waals surface area contributed by atoms with Gasteiger partial charge < -0.3 is 9.47 Å². The lowest BCUT2D eigenvalue weighted by atomic mass is 9.94. The molecule has 1 heterocycles. The summed E-state index contributed by atoms with van der Waals surface area (Å²) < 4.78 is 10.4. The second-order valence-electron chi connectivity index (χ2n) is 7.36. The highest BCUT2D eigenvalue weighted by atomic mass is 16.5. The van der Waals surface area contributed by atoms with Crippen molar-refractivity contribution in [1.82, 2.24) is 4.90 Å². The van der Waals surface area contributed by atoms with Crippen LogP contribution in [0.5, 0.6) is 0 Å². The molecular formula is C23H33NO2. The molecule has 2 fully saturated rings. The van der Waals surface area contributed by atoms with Gasteiger partial charge in [0.25, 0.3) is 0 Å². The first-order chi connectivity index (χ1) is 12.9. The maximum absolute atomic E-state index is 5.35. The van der Waals surface area contributed by atoms with Gasteiger partial charge in [-0.25, -0.2) is 0 Å². The first-order valence-corrected chi connectivity index (χ1v) is 10.2. The fourth-order valence-corrected chi connectivity index (χ4v) is 4.00. The molecule has 26 heavy (non-hydrogen) atoms. The Morgan fingerprint density at radius 3 is 2.42 bits per heavy atom. The minimum absolute atomic E-state index is 0.790. The van der Waals surface area contributed by atoms with Crippen molar-refractivity contribution in [2.75, 3.05) is 40.0 Å². The van der Waals surface area contributed by atoms with Crippen molar-refractivity contribution in [2.24, 2.45) is 0 Å². The molecule has 3 heteroatoms. The Hall–Kier alpha value is -1.42. The smallest absolute Gasteiger partial charge is 0.0594 e. The van der Waals surface area contributed by atoms with E-state index in [0.29, 0.717) is 0 Å². The molecule has 0 bridgehead atoms. The van der Waals surface area contributed by atoms with Crippen molar-refractivity contribution in [1.29, 1.82) is 0 Å². The van der Waals surface area contributed by atoms with Gasteiger partial charge in [-0.05, 0) is 35.6 Å². The highest BCUT2D eigenvalue weighted by Gasteiger charge is 2.22. The number of fused-ring (bicyclic) bond motifs is 1. The van der Waals surface area contributed by atoms with Crippen LogP contribution in [0.2, 0.25) is 0 Å². The molecule has 0 spiro atoms. The Labute approximate surface area is 158 Å². The maximum atomic E-state index is 5.35. The summed E-state index contributed by atoms with van der Waals surface area (Å²) in [6, 6.07) is 15.9. The summed E-state index contributed by atoms with van der Waals surface area (Å²) in [6.07, 6.45) is 8.20. The van der Waals surface area contributed by atoms with Crippen LogP contribution in [-0.2, 0) is 15.9 Å². The summed E-state index contributed by atoms with van der Waals surface area (Å²) in [5.41, 5.74) is 1.34. The lowest BCUT2D eigenvalue weighted by molar-refractivity contribution is 0.00858. The lowest BCUT2D eigenvalue weighted by Gasteiger charge is -2.36. The first-order valence-electron chi connectivity index (χ1n) is 10.2. The average Bonchev–Trinajstić information content (AvgIpc) is 2.74. The minimum Gasteiger partial charge on any atom is -0.384 e. The van der Waals surface area contributed by atoms with Gasteiger partial charge in [0.15, 0.2) is 0 Å². The molecule has 0 N–H and O–H groups in total. The van der Waals surface area contributed by atoms with Crippen LogP contribution in [0.1, 0.15) is 37.7 Å². The molecule has 0 unspecified atom stereocenters. The molecule has 0 radical (unpaired) electrons. The fourth-order valence-electron chi connectivity index (χ4n) is 4.00. The summed E-state index contributed by atoms with van der Waals surface area (Å²) in [7, 11) is 1.74. The third kappa shape index (κ3) is 5.80. The van der Waals surface area contributed by atoms with Crippen molar-refractivity contribution in [3.63, 3.8) is 0 Å². The van der Waals surface area contributed by atoms with E-state index in [0.717, 1.165) is 32.3 Å². The molecule has 2 aromatic carbocycles. The van der Waals surface area contributed by atoms with Crippen LogP contribution < -0.4 is 0 Å². The molecule has 0 aromatic heterocycles. The Morgan fingerprint density at radius 2 is 1.69 bits per heavy atom. The molecule has 2 aromatic rings. The van der Waals surface area contributed by atoms with Gasteiger partial charge in [0, 0.05) is 26.2 Å². The molecule has 0 atom stereocenters. The SMILES string of the molecule is C1CCC(N2CCOCC2)CC1.COCCc1ccc2ccccc2c1. The highest BCUT2D eigenvalue weighted by Crippen LogP contribution is 2.22. The van der Waals surface area contributed by atoms with Crippen molar-refractivity contribution >= 4 is 10.8 Å². The largest absolute Gasteiger partial charge is 0.384 e. The summed E-state index contributed by atoms with van der Waals surface area (Å²) in [6.45, 7) is 5.04. The molecule has 3 nitrogen and oxygen atoms in total. The van der Waals surface area contributed by atoms with Crippen molar-refractivity contribution in [3.8, 4) is 0 Å². The van der Waals surface area contributed by atoms with Gasteiger partial charge >= 0.3 is 0 Å². The van der Waals surface area contributed by atoms with E-state index in [1.165, 1.54) is 61.5 Å². The molecule has 4 rings (SSSR count). The van der Waals surface area contributed by atoms with Crippen LogP contribution in [0.25, 0.3) is 10.8 Å². The Balaban J connectivity index is 0.000000152. The zero-order valence-electron chi connectivity index (χ0n) is 16.2. The zero-order chi connectivity index (χ0) is 18.0. The van der Waals surface area contributed by atoms with E-state index in [2.05, 4.69) is 47.4 Å². The van der Waals surface area contributed by atoms with E-state index in [-0.39, 0.29) is 0 Å². The molecular weight excluding hydrogens is 322 g/mol. The predicted octanol–water partition coefficient (Wildman–Crippen LogP) is 4.68. The summed E-state index contributed by atoms with van der Waals surface area (Å²) in [5.74, 6) is 0. The Kier molecular flexibility index (Phi) is 7.93. The molecule has 1 aliphatic heterocycles. The normalized spacial score (nSPS) is 19.1. The summed E-state index contributed by atoms with van der Waals surface area (Å²) in [4.78, 5) is 2.63. The van der Waals surface area contributed by atoms with Crippen LogP contribution in [0.15, 0.2) is 42.5 Å². The number of rotatable bonds is 4. The Morgan fingerprint density at radius 1 is 0.962 bits per heavy atom. The summed E-state index contributed by atoms with van der Waals surface area (Å²) in [5, 5.41) is 2.61. The van der Waals surface area contributed by atoms with E-state index >= 15 is 0 Å². The van der Waals surface area contributed by atoms with Crippen LogP contribution >= 0.6 is 0 Å². The molecule has 142 valence electrons. The van der Waals surface area contributed by atoms with Crippen molar-refractivity contribution in [3.05, 3.63) is 48.0 Å². The van der Waals surface area contributed by atoms with Crippen molar-refractivity contribution in [2.45, 2.75) is 44.6 Å². The first kappa shape index (κ1) is 19.3. The van der Waals surface area contributed by atoms with Gasteiger partial charge in [-0.15, -0.1) is 0 Å². The number of benzene rings is 2. The molecule has 1 saturated heterocycles. The van der Waals surface area contributed by atoms with Crippen molar-refractivity contribution < 1.29 is 9.47 Å². The lowest BCUT2D eigenvalue weighted by Crippen LogP contribution is -2.44. The fraction of sp³-hybridized carbons (Fsp3) is 0.565. The van der Waals surface area contributed by atoms with E-state index < -0.39 is 0 Å². The minimum atomic E-state index is 0.790. The highest BCUT2D eigenvalue weighted by molar-refractivity contribution is 5.82. The van der Waals surface area contributed by atoms with E-state index in [9.17, 15) is 0 Å². The predicted molar refractivity (Wildman–Crippen MR) is 109 cm³/mol. The van der Waals surface area contributed by atoms with Gasteiger partial charge in [-0.2, -0.15) is 0 Å². The van der Waals surface area contributed by atoms with Gasteiger partial charge in [0.05, 0.1) is 19.8 Å². The molecule has 0 amide bonds. The van der Waals surface area contributed by atoms with E-state index in [1.807, 2.05) is 0 Å². The monoisotopic (exact) mass is 355 g/mol. The second-order valence-corrected chi connectivity index (χ2v) is 7.36. The molecule has 2 aliphatic rings. The standard InChI is InChI=1S/C13H14O.C10H19NO/c1-14-9-8-11-6-7-12-4-2-3-5-13(12)10-11;1-2-4-10(5-3-1)11-6-8-12-9-7-11/h2-7,10H,8-9H2,1H3;10H,1-9H2. The van der Waals surface area contributed by atoms with Gasteiger partial charge in [-0.3, -0.25) is 4.90 Å². The third-order valence-electron chi connectivity index (χ3n) is 5.55. The van der Waals surface area contributed by atoms with Crippen LogP contribution in [0, 0.1) is 0 Å². The number of hydrogen-bond donors (Lipinski definition) is 0.